The molecule has 4 aromatic carbocycles. The van der Waals surface area contributed by atoms with Crippen LogP contribution in [-0.4, -0.2) is 85.7 Å². The lowest BCUT2D eigenvalue weighted by molar-refractivity contribution is 0.0108. The highest BCUT2D eigenvalue weighted by Gasteiger charge is 2.38. The molecule has 1 atom stereocenters. The van der Waals surface area contributed by atoms with Crippen molar-refractivity contribution in [2.75, 3.05) is 47.1 Å². The number of amides is 2. The van der Waals surface area contributed by atoms with Crippen LogP contribution in [0.4, 0.5) is 0 Å². The molecular weight excluding hydrogens is 852 g/mol. The maximum Gasteiger partial charge on any atom is 0.269 e. The van der Waals surface area contributed by atoms with Crippen molar-refractivity contribution in [3.63, 3.8) is 0 Å². The van der Waals surface area contributed by atoms with Crippen LogP contribution in [-0.2, 0) is 19.4 Å². The van der Waals surface area contributed by atoms with Crippen LogP contribution >= 0.6 is 8.53 Å². The van der Waals surface area contributed by atoms with E-state index in [2.05, 4.69) is 61.2 Å². The molecule has 0 saturated carbocycles. The van der Waals surface area contributed by atoms with Crippen LogP contribution in [0.15, 0.2) is 115 Å². The highest BCUT2D eigenvalue weighted by atomic mass is 31.2. The number of pyridine rings is 2. The van der Waals surface area contributed by atoms with Gasteiger partial charge in [-0.1, -0.05) is 78.9 Å². The summed E-state index contributed by atoms with van der Waals surface area (Å²) in [4.78, 5) is 36.3. The van der Waals surface area contributed by atoms with Gasteiger partial charge in [-0.25, -0.2) is 14.6 Å². The SMILES string of the molecule is COc1ccc(C(OCCCCNC(=O)c2ccc3ccc4ccc(C(=O)NCCCCOP(OCCC#N)N(C(C)C)C(C)C)nc4c3n2)(c2ccccc2)c2ccc(OC)cc2)cc1. The molecule has 13 nitrogen and oxygen atoms in total. The summed E-state index contributed by atoms with van der Waals surface area (Å²) in [5.74, 6) is 0.904. The molecule has 0 saturated heterocycles. The van der Waals surface area contributed by atoms with E-state index < -0.39 is 14.1 Å². The van der Waals surface area contributed by atoms with Crippen LogP contribution in [0.3, 0.4) is 0 Å². The van der Waals surface area contributed by atoms with E-state index >= 15 is 0 Å². The van der Waals surface area contributed by atoms with Gasteiger partial charge in [0.05, 0.1) is 51.0 Å². The Hall–Kier alpha value is -6.00. The van der Waals surface area contributed by atoms with Gasteiger partial charge in [-0.2, -0.15) is 5.26 Å². The smallest absolute Gasteiger partial charge is 0.269 e. The predicted molar refractivity (Wildman–Crippen MR) is 260 cm³/mol. The van der Waals surface area contributed by atoms with Crippen molar-refractivity contribution >= 4 is 42.1 Å². The van der Waals surface area contributed by atoms with Crippen molar-refractivity contribution < 1.29 is 32.8 Å². The fraction of sp³-hybridized carbons (Fsp3) is 0.365. The molecule has 0 radical (unpaired) electrons. The van der Waals surface area contributed by atoms with E-state index in [0.717, 1.165) is 39.0 Å². The zero-order valence-corrected chi connectivity index (χ0v) is 39.7. The van der Waals surface area contributed by atoms with Gasteiger partial charge in [-0.05, 0) is 106 Å². The first-order chi connectivity index (χ1) is 32.1. The van der Waals surface area contributed by atoms with Crippen molar-refractivity contribution in [3.8, 4) is 17.6 Å². The molecule has 0 fully saturated rings. The Morgan fingerprint density at radius 1 is 0.621 bits per heavy atom. The van der Waals surface area contributed by atoms with Gasteiger partial charge >= 0.3 is 0 Å². The van der Waals surface area contributed by atoms with E-state index in [9.17, 15) is 9.59 Å². The quantitative estimate of drug-likeness (QED) is 0.0244. The molecule has 0 aliphatic rings. The Bertz CT molecular complexity index is 2480. The Morgan fingerprint density at radius 3 is 1.55 bits per heavy atom. The lowest BCUT2D eigenvalue weighted by atomic mass is 9.80. The third kappa shape index (κ3) is 12.5. The van der Waals surface area contributed by atoms with Gasteiger partial charge in [0.2, 0.25) is 0 Å². The number of fused-ring (bicyclic) bond motifs is 3. The third-order valence-corrected chi connectivity index (χ3v) is 13.2. The Kier molecular flexibility index (Phi) is 18.4. The largest absolute Gasteiger partial charge is 0.497 e. The summed E-state index contributed by atoms with van der Waals surface area (Å²) in [6, 6.07) is 39.6. The van der Waals surface area contributed by atoms with Crippen LogP contribution in [0.2, 0.25) is 0 Å². The summed E-state index contributed by atoms with van der Waals surface area (Å²) in [5.41, 5.74) is 3.57. The highest BCUT2D eigenvalue weighted by Crippen LogP contribution is 2.46. The van der Waals surface area contributed by atoms with Gasteiger partial charge in [-0.15, -0.1) is 0 Å². The molecule has 0 aliphatic carbocycles. The number of nitrogens with one attached hydrogen (secondary N) is 2. The summed E-state index contributed by atoms with van der Waals surface area (Å²) in [6.07, 6.45) is 3.06. The van der Waals surface area contributed by atoms with Gasteiger partial charge in [0, 0.05) is 42.6 Å². The number of carbonyl (C=O) groups excluding carboxylic acids is 2. The predicted octanol–water partition coefficient (Wildman–Crippen LogP) is 10.1. The number of hydrogen-bond acceptors (Lipinski definition) is 11. The van der Waals surface area contributed by atoms with Crippen molar-refractivity contribution in [1.82, 2.24) is 25.3 Å². The first-order valence-electron chi connectivity index (χ1n) is 22.6. The molecule has 2 heterocycles. The van der Waals surface area contributed by atoms with E-state index in [1.54, 1.807) is 26.4 Å². The molecule has 6 aromatic rings. The Balaban J connectivity index is 1.05. The van der Waals surface area contributed by atoms with Gasteiger partial charge in [0.25, 0.3) is 20.3 Å². The standard InChI is InChI=1S/C52H61N6O7P/c1-37(2)58(38(3)4)66(65-36-14-31-53)64-35-13-11-33-55-51(60)47-30-20-40-18-17-39-19-29-46(56-48(39)49(40)57-47)50(59)54-32-10-12-34-63-52(41-15-8-7-9-16-41,42-21-25-44(61-5)26-22-42)43-23-27-45(62-6)28-24-43/h7-9,15-30,37-38H,10-14,32-36H2,1-6H3,(H,54,59)(H,55,60). The van der Waals surface area contributed by atoms with E-state index in [1.807, 2.05) is 91.0 Å². The molecular formula is C52H61N6O7P. The number of methoxy groups -OCH3 is 2. The second-order valence-electron chi connectivity index (χ2n) is 16.3. The minimum atomic E-state index is -1.31. The zero-order valence-electron chi connectivity index (χ0n) is 38.8. The summed E-state index contributed by atoms with van der Waals surface area (Å²) >= 11 is 0. The molecule has 0 aliphatic heterocycles. The van der Waals surface area contributed by atoms with Crippen LogP contribution in [0.1, 0.15) is 97.5 Å². The minimum Gasteiger partial charge on any atom is -0.497 e. The number of hydrogen-bond donors (Lipinski definition) is 2. The van der Waals surface area contributed by atoms with Crippen LogP contribution in [0.5, 0.6) is 11.5 Å². The van der Waals surface area contributed by atoms with Crippen LogP contribution in [0.25, 0.3) is 21.8 Å². The van der Waals surface area contributed by atoms with Crippen molar-refractivity contribution in [2.24, 2.45) is 0 Å². The first-order valence-corrected chi connectivity index (χ1v) is 23.7. The summed E-state index contributed by atoms with van der Waals surface area (Å²) < 4.78 is 32.2. The fourth-order valence-electron chi connectivity index (χ4n) is 7.82. The Labute approximate surface area is 389 Å². The third-order valence-electron chi connectivity index (χ3n) is 11.1. The fourth-order valence-corrected chi connectivity index (χ4v) is 9.44. The topological polar surface area (TPSA) is 157 Å². The van der Waals surface area contributed by atoms with Gasteiger partial charge in [0.15, 0.2) is 0 Å². The first kappa shape index (κ1) is 49.4. The maximum absolute atomic E-state index is 13.5. The number of rotatable bonds is 25. The maximum atomic E-state index is 13.5. The summed E-state index contributed by atoms with van der Waals surface area (Å²) in [6.45, 7) is 10.5. The molecule has 6 rings (SSSR count). The lowest BCUT2D eigenvalue weighted by Gasteiger charge is -2.36. The summed E-state index contributed by atoms with van der Waals surface area (Å²) in [5, 5.41) is 16.6. The molecule has 346 valence electrons. The monoisotopic (exact) mass is 912 g/mol. The van der Waals surface area contributed by atoms with Crippen molar-refractivity contribution in [3.05, 3.63) is 143 Å². The average Bonchev–Trinajstić information content (AvgIpc) is 3.34. The number of nitrogens with zero attached hydrogens (tertiary/aromatic N) is 4. The second-order valence-corrected chi connectivity index (χ2v) is 17.7. The molecule has 1 unspecified atom stereocenters. The highest BCUT2D eigenvalue weighted by molar-refractivity contribution is 7.44. The molecule has 0 spiro atoms. The number of ether oxygens (including phenoxy) is 3. The molecule has 2 aromatic heterocycles. The van der Waals surface area contributed by atoms with Crippen molar-refractivity contribution in [1.29, 1.82) is 5.26 Å². The number of unbranched alkanes of at least 4 members (excludes halogenated alkanes) is 2. The number of carbonyl (C=O) groups is 2. The van der Waals surface area contributed by atoms with E-state index in [-0.39, 0.29) is 35.3 Å². The Morgan fingerprint density at radius 2 is 1.08 bits per heavy atom. The molecule has 2 N–H and O–H groups in total. The van der Waals surface area contributed by atoms with E-state index in [4.69, 9.17) is 38.5 Å². The van der Waals surface area contributed by atoms with Gasteiger partial charge < -0.3 is 33.9 Å². The summed E-state index contributed by atoms with van der Waals surface area (Å²) in [7, 11) is 1.99. The van der Waals surface area contributed by atoms with Crippen molar-refractivity contribution in [2.45, 2.75) is 77.5 Å². The van der Waals surface area contributed by atoms with Gasteiger partial charge in [0.1, 0.15) is 28.5 Å². The molecule has 0 bridgehead atoms. The number of nitriles is 1. The van der Waals surface area contributed by atoms with E-state index in [0.29, 0.717) is 76.0 Å². The number of aromatic nitrogens is 2. The second kappa shape index (κ2) is 24.5. The molecule has 14 heteroatoms. The van der Waals surface area contributed by atoms with Crippen LogP contribution in [0, 0.1) is 11.3 Å². The van der Waals surface area contributed by atoms with Crippen LogP contribution < -0.4 is 20.1 Å². The number of benzene rings is 4. The van der Waals surface area contributed by atoms with Gasteiger partial charge in [-0.3, -0.25) is 9.59 Å². The lowest BCUT2D eigenvalue weighted by Crippen LogP contribution is -2.33. The minimum absolute atomic E-state index is 0.220. The van der Waals surface area contributed by atoms with E-state index in [1.165, 1.54) is 0 Å². The zero-order chi connectivity index (χ0) is 46.9. The molecule has 2 amide bonds. The molecule has 66 heavy (non-hydrogen) atoms. The normalized spacial score (nSPS) is 12.1. The average molecular weight is 913 g/mol.